The molecule has 0 fully saturated rings. The van der Waals surface area contributed by atoms with E-state index in [1.807, 2.05) is 16.8 Å². The van der Waals surface area contributed by atoms with Crippen LogP contribution in [-0.2, 0) is 11.5 Å². The van der Waals surface area contributed by atoms with Crippen molar-refractivity contribution in [3.63, 3.8) is 0 Å². The van der Waals surface area contributed by atoms with Gasteiger partial charge in [0.15, 0.2) is 5.65 Å². The lowest BCUT2D eigenvalue weighted by molar-refractivity contribution is 0.0899. The Morgan fingerprint density at radius 2 is 2.07 bits per heavy atom. The highest BCUT2D eigenvalue weighted by Gasteiger charge is 2.19. The van der Waals surface area contributed by atoms with Gasteiger partial charge in [-0.3, -0.25) is 5.32 Å². The first kappa shape index (κ1) is 22.1. The van der Waals surface area contributed by atoms with Crippen molar-refractivity contribution in [2.24, 2.45) is 0 Å². The van der Waals surface area contributed by atoms with Crippen molar-refractivity contribution in [1.82, 2.24) is 14.5 Å². The average Bonchev–Trinajstić information content (AvgIpc) is 3.02. The van der Waals surface area contributed by atoms with Crippen molar-refractivity contribution in [2.45, 2.75) is 32.4 Å². The number of nitrogens with zero attached hydrogens (tertiary/aromatic N) is 3. The quantitative estimate of drug-likeness (QED) is 0.280. The number of anilines is 1. The molecule has 2 aromatic heterocycles. The molecule has 0 spiro atoms. The maximum atomic E-state index is 11.0. The van der Waals surface area contributed by atoms with Crippen LogP contribution in [0, 0.1) is 0 Å². The summed E-state index contributed by atoms with van der Waals surface area (Å²) in [7, 11) is 0.324. The van der Waals surface area contributed by atoms with E-state index >= 15 is 0 Å². The van der Waals surface area contributed by atoms with Crippen LogP contribution in [0.2, 0.25) is 31.0 Å². The van der Waals surface area contributed by atoms with Crippen molar-refractivity contribution in [3.8, 4) is 17.0 Å². The zero-order valence-electron chi connectivity index (χ0n) is 17.4. The molecular weight excluding hydrogens is 424 g/mol. The number of rotatable bonds is 8. The maximum Gasteiger partial charge on any atom is 0.409 e. The fourth-order valence-corrected chi connectivity index (χ4v) is 3.94. The SMILES string of the molecule is COc1nc(Cl)nc2c1c(-c1cccc(NC(=O)O)c1)cn2COCC[Si](C)(C)C. The summed E-state index contributed by atoms with van der Waals surface area (Å²) in [6, 6.07) is 8.14. The minimum absolute atomic E-state index is 0.0774. The van der Waals surface area contributed by atoms with E-state index in [1.165, 1.54) is 7.11 Å². The summed E-state index contributed by atoms with van der Waals surface area (Å²) in [6.07, 6.45) is 0.769. The van der Waals surface area contributed by atoms with E-state index in [9.17, 15) is 4.79 Å². The van der Waals surface area contributed by atoms with Crippen LogP contribution < -0.4 is 10.1 Å². The fraction of sp³-hybridized carbons (Fsp3) is 0.350. The van der Waals surface area contributed by atoms with Crippen LogP contribution >= 0.6 is 11.6 Å². The van der Waals surface area contributed by atoms with Crippen molar-refractivity contribution >= 4 is 42.5 Å². The Balaban J connectivity index is 2.03. The van der Waals surface area contributed by atoms with Gasteiger partial charge in [0.25, 0.3) is 0 Å². The van der Waals surface area contributed by atoms with Crippen LogP contribution in [0.1, 0.15) is 0 Å². The number of hydrogen-bond acceptors (Lipinski definition) is 5. The summed E-state index contributed by atoms with van der Waals surface area (Å²) in [5.74, 6) is 0.345. The first-order chi connectivity index (χ1) is 14.2. The second-order valence-corrected chi connectivity index (χ2v) is 14.0. The summed E-state index contributed by atoms with van der Waals surface area (Å²) in [5, 5.41) is 12.1. The summed E-state index contributed by atoms with van der Waals surface area (Å²) < 4.78 is 13.2. The molecule has 0 saturated heterocycles. The molecule has 0 saturated carbocycles. The third-order valence-electron chi connectivity index (χ3n) is 4.50. The Morgan fingerprint density at radius 1 is 1.30 bits per heavy atom. The lowest BCUT2D eigenvalue weighted by atomic mass is 10.1. The van der Waals surface area contributed by atoms with Gasteiger partial charge in [-0.2, -0.15) is 9.97 Å². The van der Waals surface area contributed by atoms with Gasteiger partial charge in [-0.1, -0.05) is 31.8 Å². The molecule has 3 rings (SSSR count). The van der Waals surface area contributed by atoms with Gasteiger partial charge in [0.05, 0.1) is 12.5 Å². The number of nitrogens with one attached hydrogen (secondary N) is 1. The number of hydrogen-bond donors (Lipinski definition) is 2. The monoisotopic (exact) mass is 448 g/mol. The zero-order valence-corrected chi connectivity index (χ0v) is 19.2. The van der Waals surface area contributed by atoms with Crippen LogP contribution in [0.3, 0.4) is 0 Å². The topological polar surface area (TPSA) is 98.5 Å². The highest BCUT2D eigenvalue weighted by Crippen LogP contribution is 2.36. The molecule has 3 aromatic rings. The van der Waals surface area contributed by atoms with Gasteiger partial charge in [0, 0.05) is 32.1 Å². The minimum atomic E-state index is -1.20. The van der Waals surface area contributed by atoms with Crippen LogP contribution in [0.25, 0.3) is 22.2 Å². The molecule has 1 amide bonds. The van der Waals surface area contributed by atoms with Crippen molar-refractivity contribution < 1.29 is 19.4 Å². The molecular formula is C20H25ClN4O4Si. The Bertz CT molecular complexity index is 1060. The standard InChI is InChI=1S/C20H25ClN4O4Si/c1-28-18-16-15(13-6-5-7-14(10-13)22-20(26)27)11-25(17(16)23-19(21)24-18)12-29-8-9-30(2,3)4/h5-7,10-11,22H,8-9,12H2,1-4H3,(H,26,27). The largest absolute Gasteiger partial charge is 0.480 e. The number of halogens is 1. The van der Waals surface area contributed by atoms with E-state index in [2.05, 4.69) is 34.9 Å². The smallest absolute Gasteiger partial charge is 0.409 e. The van der Waals surface area contributed by atoms with Crippen LogP contribution in [0.5, 0.6) is 5.88 Å². The molecule has 0 atom stereocenters. The van der Waals surface area contributed by atoms with Gasteiger partial charge >= 0.3 is 6.09 Å². The van der Waals surface area contributed by atoms with Crippen molar-refractivity contribution in [3.05, 3.63) is 35.7 Å². The summed E-state index contributed by atoms with van der Waals surface area (Å²) in [5.41, 5.74) is 2.63. The highest BCUT2D eigenvalue weighted by atomic mass is 35.5. The first-order valence-electron chi connectivity index (χ1n) is 9.46. The Kier molecular flexibility index (Phi) is 6.64. The van der Waals surface area contributed by atoms with E-state index in [1.54, 1.807) is 18.2 Å². The fourth-order valence-electron chi connectivity index (χ4n) is 3.02. The molecule has 0 unspecified atom stereocenters. The second-order valence-electron chi connectivity index (χ2n) is 8.07. The number of ether oxygens (including phenoxy) is 2. The predicted octanol–water partition coefficient (Wildman–Crippen LogP) is 5.16. The molecule has 0 aliphatic carbocycles. The third-order valence-corrected chi connectivity index (χ3v) is 6.37. The molecule has 10 heteroatoms. The number of fused-ring (bicyclic) bond motifs is 1. The molecule has 0 radical (unpaired) electrons. The zero-order chi connectivity index (χ0) is 21.9. The number of carbonyl (C=O) groups is 1. The van der Waals surface area contributed by atoms with Crippen molar-refractivity contribution in [1.29, 1.82) is 0 Å². The Hall–Kier alpha value is -2.62. The van der Waals surface area contributed by atoms with E-state index in [-0.39, 0.29) is 5.28 Å². The molecule has 8 nitrogen and oxygen atoms in total. The van der Waals surface area contributed by atoms with E-state index in [0.717, 1.165) is 17.2 Å². The van der Waals surface area contributed by atoms with Crippen LogP contribution in [0.4, 0.5) is 10.5 Å². The number of amides is 1. The molecule has 30 heavy (non-hydrogen) atoms. The van der Waals surface area contributed by atoms with Gasteiger partial charge in [0.1, 0.15) is 6.73 Å². The van der Waals surface area contributed by atoms with Crippen molar-refractivity contribution in [2.75, 3.05) is 19.0 Å². The molecule has 1 aromatic carbocycles. The highest BCUT2D eigenvalue weighted by molar-refractivity contribution is 6.76. The van der Waals surface area contributed by atoms with E-state index in [4.69, 9.17) is 26.2 Å². The normalized spacial score (nSPS) is 11.6. The lowest BCUT2D eigenvalue weighted by Crippen LogP contribution is -2.22. The van der Waals surface area contributed by atoms with E-state index < -0.39 is 14.2 Å². The maximum absolute atomic E-state index is 11.0. The van der Waals surface area contributed by atoms with Gasteiger partial charge in [0.2, 0.25) is 11.2 Å². The first-order valence-corrected chi connectivity index (χ1v) is 13.5. The molecule has 2 heterocycles. The number of benzene rings is 1. The summed E-state index contributed by atoms with van der Waals surface area (Å²) >= 11 is 6.11. The predicted molar refractivity (Wildman–Crippen MR) is 120 cm³/mol. The minimum Gasteiger partial charge on any atom is -0.480 e. The average molecular weight is 449 g/mol. The molecule has 0 aliphatic rings. The molecule has 2 N–H and O–H groups in total. The number of carboxylic acid groups (broad SMARTS) is 1. The van der Waals surface area contributed by atoms with E-state index in [0.29, 0.717) is 35.9 Å². The van der Waals surface area contributed by atoms with Gasteiger partial charge < -0.3 is 19.1 Å². The van der Waals surface area contributed by atoms with Crippen LogP contribution in [0.15, 0.2) is 30.5 Å². The lowest BCUT2D eigenvalue weighted by Gasteiger charge is -2.15. The summed E-state index contributed by atoms with van der Waals surface area (Å²) in [6.45, 7) is 7.88. The Morgan fingerprint density at radius 3 is 2.73 bits per heavy atom. The number of methoxy groups -OCH3 is 1. The molecule has 0 bridgehead atoms. The third kappa shape index (κ3) is 5.29. The summed E-state index contributed by atoms with van der Waals surface area (Å²) in [4.78, 5) is 19.6. The van der Waals surface area contributed by atoms with Gasteiger partial charge in [-0.15, -0.1) is 0 Å². The number of aromatic nitrogens is 3. The van der Waals surface area contributed by atoms with Gasteiger partial charge in [-0.25, -0.2) is 4.79 Å². The second kappa shape index (κ2) is 9.03. The van der Waals surface area contributed by atoms with Crippen LogP contribution in [-0.4, -0.2) is 47.5 Å². The Labute approximate surface area is 180 Å². The van der Waals surface area contributed by atoms with Gasteiger partial charge in [-0.05, 0) is 35.3 Å². The molecule has 0 aliphatic heterocycles. The molecule has 160 valence electrons.